The molecule has 1 unspecified atom stereocenters. The van der Waals surface area contributed by atoms with Gasteiger partial charge in [-0.25, -0.2) is 0 Å². The van der Waals surface area contributed by atoms with Crippen LogP contribution < -0.4 is 10.6 Å². The van der Waals surface area contributed by atoms with E-state index in [0.717, 1.165) is 16.6 Å². The summed E-state index contributed by atoms with van der Waals surface area (Å²) >= 11 is 0. The molecule has 0 amide bonds. The summed E-state index contributed by atoms with van der Waals surface area (Å²) < 4.78 is 1.45. The van der Waals surface area contributed by atoms with Crippen molar-refractivity contribution in [3.8, 4) is 0 Å². The lowest BCUT2D eigenvalue weighted by molar-refractivity contribution is 0.0889. The van der Waals surface area contributed by atoms with Crippen molar-refractivity contribution in [3.05, 3.63) is 121 Å². The van der Waals surface area contributed by atoms with E-state index in [4.69, 9.17) is 0 Å². The summed E-state index contributed by atoms with van der Waals surface area (Å²) in [4.78, 5) is 13.5. The second-order valence-corrected chi connectivity index (χ2v) is 9.95. The van der Waals surface area contributed by atoms with Gasteiger partial charge in [-0.1, -0.05) is 108 Å². The van der Waals surface area contributed by atoms with Crippen LogP contribution in [-0.4, -0.2) is 20.9 Å². The maximum absolute atomic E-state index is 13.5. The number of carbonyl (C=O) groups excluding carboxylic acids is 1. The SMILES string of the molecule is O=C(CC(c1ccccc1)P(c1ccccc1)c1ccccc1)n1nnc2ccccc21. The highest BCUT2D eigenvalue weighted by Crippen LogP contribution is 2.51. The Balaban J connectivity index is 1.60. The van der Waals surface area contributed by atoms with Crippen molar-refractivity contribution in [3.63, 3.8) is 0 Å². The van der Waals surface area contributed by atoms with E-state index in [1.54, 1.807) is 0 Å². The number of para-hydroxylation sites is 1. The Bertz CT molecular complexity index is 1280. The van der Waals surface area contributed by atoms with Crippen LogP contribution in [0, 0.1) is 0 Å². The van der Waals surface area contributed by atoms with Gasteiger partial charge in [0.05, 0.1) is 5.52 Å². The minimum Gasteiger partial charge on any atom is -0.272 e. The molecule has 5 aromatic rings. The van der Waals surface area contributed by atoms with E-state index in [2.05, 4.69) is 71.0 Å². The highest BCUT2D eigenvalue weighted by molar-refractivity contribution is 7.73. The maximum atomic E-state index is 13.5. The van der Waals surface area contributed by atoms with Gasteiger partial charge in [0.1, 0.15) is 5.52 Å². The third kappa shape index (κ3) is 4.10. The summed E-state index contributed by atoms with van der Waals surface area (Å²) in [5, 5.41) is 10.8. The molecule has 0 spiro atoms. The topological polar surface area (TPSA) is 47.8 Å². The Morgan fingerprint density at radius 3 is 1.88 bits per heavy atom. The molecule has 0 aliphatic rings. The van der Waals surface area contributed by atoms with Crippen LogP contribution in [0.5, 0.6) is 0 Å². The monoisotopic (exact) mass is 435 g/mol. The van der Waals surface area contributed by atoms with Crippen molar-refractivity contribution >= 4 is 35.5 Å². The molecule has 0 radical (unpaired) electrons. The van der Waals surface area contributed by atoms with Crippen LogP contribution in [-0.2, 0) is 0 Å². The summed E-state index contributed by atoms with van der Waals surface area (Å²) in [6, 6.07) is 39.0. The molecule has 5 heteroatoms. The van der Waals surface area contributed by atoms with Crippen LogP contribution in [0.25, 0.3) is 11.0 Å². The van der Waals surface area contributed by atoms with Gasteiger partial charge in [0.25, 0.3) is 0 Å². The lowest BCUT2D eigenvalue weighted by Crippen LogP contribution is -2.22. The van der Waals surface area contributed by atoms with Crippen molar-refractivity contribution in [1.82, 2.24) is 15.0 Å². The molecule has 4 nitrogen and oxygen atoms in total. The summed E-state index contributed by atoms with van der Waals surface area (Å²) in [5.41, 5.74) is 2.63. The smallest absolute Gasteiger partial charge is 0.249 e. The molecular formula is C27H22N3OP. The lowest BCUT2D eigenvalue weighted by Gasteiger charge is -2.28. The van der Waals surface area contributed by atoms with Crippen LogP contribution in [0.2, 0.25) is 0 Å². The average Bonchev–Trinajstić information content (AvgIpc) is 3.30. The van der Waals surface area contributed by atoms with E-state index in [1.807, 2.05) is 54.6 Å². The molecule has 0 fully saturated rings. The van der Waals surface area contributed by atoms with E-state index in [1.165, 1.54) is 15.3 Å². The molecule has 0 N–H and O–H groups in total. The molecule has 0 saturated carbocycles. The van der Waals surface area contributed by atoms with Crippen molar-refractivity contribution in [2.24, 2.45) is 0 Å². The molecule has 156 valence electrons. The van der Waals surface area contributed by atoms with Gasteiger partial charge in [-0.3, -0.25) is 4.79 Å². The van der Waals surface area contributed by atoms with Crippen LogP contribution in [0.1, 0.15) is 22.4 Å². The van der Waals surface area contributed by atoms with Gasteiger partial charge >= 0.3 is 0 Å². The van der Waals surface area contributed by atoms with Gasteiger partial charge in [-0.05, 0) is 36.2 Å². The molecule has 0 aliphatic carbocycles. The molecule has 1 atom stereocenters. The van der Waals surface area contributed by atoms with Crippen molar-refractivity contribution in [1.29, 1.82) is 0 Å². The Morgan fingerprint density at radius 1 is 0.719 bits per heavy atom. The molecule has 4 aromatic carbocycles. The molecule has 0 aliphatic heterocycles. The fourth-order valence-electron chi connectivity index (χ4n) is 4.02. The highest BCUT2D eigenvalue weighted by atomic mass is 31.1. The normalized spacial score (nSPS) is 12.2. The number of hydrogen-bond acceptors (Lipinski definition) is 3. The van der Waals surface area contributed by atoms with E-state index in [9.17, 15) is 4.79 Å². The quantitative estimate of drug-likeness (QED) is 0.339. The second kappa shape index (κ2) is 9.25. The number of fused-ring (bicyclic) bond motifs is 1. The summed E-state index contributed by atoms with van der Waals surface area (Å²) in [5.74, 6) is -0.0492. The number of benzene rings is 4. The first kappa shape index (κ1) is 20.3. The number of carbonyl (C=O) groups is 1. The standard InChI is InChI=1S/C27H22N3OP/c31-27(30-25-19-11-10-18-24(25)28-29-30)20-26(21-12-4-1-5-13-21)32(22-14-6-2-7-15-22)23-16-8-3-9-17-23/h1-19,26H,20H2. The van der Waals surface area contributed by atoms with E-state index in [0.29, 0.717) is 6.42 Å². The average molecular weight is 435 g/mol. The number of aromatic nitrogens is 3. The van der Waals surface area contributed by atoms with Crippen molar-refractivity contribution < 1.29 is 4.79 Å². The van der Waals surface area contributed by atoms with Gasteiger partial charge in [0.2, 0.25) is 5.91 Å². The van der Waals surface area contributed by atoms with Crippen LogP contribution in [0.3, 0.4) is 0 Å². The molecule has 0 bridgehead atoms. The zero-order valence-corrected chi connectivity index (χ0v) is 18.3. The first-order valence-corrected chi connectivity index (χ1v) is 12.0. The van der Waals surface area contributed by atoms with Gasteiger partial charge in [0, 0.05) is 12.1 Å². The minimum atomic E-state index is -0.825. The highest BCUT2D eigenvalue weighted by Gasteiger charge is 2.29. The van der Waals surface area contributed by atoms with Crippen LogP contribution in [0.4, 0.5) is 0 Å². The largest absolute Gasteiger partial charge is 0.272 e. The molecule has 1 heterocycles. The van der Waals surface area contributed by atoms with Gasteiger partial charge in [-0.15, -0.1) is 5.10 Å². The van der Waals surface area contributed by atoms with Crippen LogP contribution in [0.15, 0.2) is 115 Å². The lowest BCUT2D eigenvalue weighted by atomic mass is 10.1. The van der Waals surface area contributed by atoms with Crippen molar-refractivity contribution in [2.45, 2.75) is 12.1 Å². The molecule has 0 saturated heterocycles. The Labute approximate surface area is 188 Å². The summed E-state index contributed by atoms with van der Waals surface area (Å²) in [6.07, 6.45) is 0.340. The first-order chi connectivity index (χ1) is 15.8. The Hall–Kier alpha value is -3.62. The molecule has 5 rings (SSSR count). The third-order valence-electron chi connectivity index (χ3n) is 5.52. The van der Waals surface area contributed by atoms with Gasteiger partial charge in [0.15, 0.2) is 0 Å². The molecular weight excluding hydrogens is 413 g/mol. The fourth-order valence-corrected chi connectivity index (χ4v) is 6.84. The zero-order chi connectivity index (χ0) is 21.8. The predicted octanol–water partition coefficient (Wildman–Crippen LogP) is 5.34. The third-order valence-corrected chi connectivity index (χ3v) is 8.33. The van der Waals surface area contributed by atoms with Crippen molar-refractivity contribution in [2.75, 3.05) is 0 Å². The number of nitrogens with zero attached hydrogens (tertiary/aromatic N) is 3. The van der Waals surface area contributed by atoms with E-state index in [-0.39, 0.29) is 11.6 Å². The van der Waals surface area contributed by atoms with E-state index >= 15 is 0 Å². The summed E-state index contributed by atoms with van der Waals surface area (Å²) in [6.45, 7) is 0. The second-order valence-electron chi connectivity index (χ2n) is 7.56. The number of rotatable bonds is 6. The Morgan fingerprint density at radius 2 is 1.25 bits per heavy atom. The summed E-state index contributed by atoms with van der Waals surface area (Å²) in [7, 11) is -0.825. The number of hydrogen-bond donors (Lipinski definition) is 0. The van der Waals surface area contributed by atoms with Crippen LogP contribution >= 0.6 is 7.92 Å². The Kier molecular flexibility index (Phi) is 5.87. The van der Waals surface area contributed by atoms with Gasteiger partial charge < -0.3 is 0 Å². The maximum Gasteiger partial charge on any atom is 0.249 e. The first-order valence-electron chi connectivity index (χ1n) is 10.6. The molecule has 32 heavy (non-hydrogen) atoms. The van der Waals surface area contributed by atoms with E-state index < -0.39 is 7.92 Å². The molecule has 1 aromatic heterocycles. The fraction of sp³-hybridized carbons (Fsp3) is 0.0741. The minimum absolute atomic E-state index is 0.00598. The zero-order valence-electron chi connectivity index (χ0n) is 17.5. The van der Waals surface area contributed by atoms with Gasteiger partial charge in [-0.2, -0.15) is 4.68 Å². The predicted molar refractivity (Wildman–Crippen MR) is 131 cm³/mol.